The van der Waals surface area contributed by atoms with Gasteiger partial charge in [0.2, 0.25) is 0 Å². The Morgan fingerprint density at radius 1 is 1.33 bits per heavy atom. The van der Waals surface area contributed by atoms with Crippen LogP contribution in [0.25, 0.3) is 0 Å². The average Bonchev–Trinajstić information content (AvgIpc) is 2.41. The van der Waals surface area contributed by atoms with Gasteiger partial charge in [0.15, 0.2) is 11.6 Å². The topological polar surface area (TPSA) is 93.6 Å². The van der Waals surface area contributed by atoms with Crippen molar-refractivity contribution in [1.29, 1.82) is 0 Å². The smallest absolute Gasteiger partial charge is 0.173 e. The van der Waals surface area contributed by atoms with Gasteiger partial charge >= 0.3 is 0 Å². The summed E-state index contributed by atoms with van der Waals surface area (Å²) < 4.78 is 5.67. The van der Waals surface area contributed by atoms with E-state index in [0.717, 1.165) is 5.69 Å². The molecule has 92 valence electrons. The summed E-state index contributed by atoms with van der Waals surface area (Å²) in [5, 5.41) is 11.7. The maximum Gasteiger partial charge on any atom is 0.173 e. The van der Waals surface area contributed by atoms with E-state index < -0.39 is 0 Å². The lowest BCUT2D eigenvalue weighted by Crippen LogP contribution is -2.14. The number of nitrogens with zero attached hydrogens (tertiary/aromatic N) is 3. The first-order chi connectivity index (χ1) is 8.72. The van der Waals surface area contributed by atoms with Crippen LogP contribution >= 0.6 is 0 Å². The fourth-order valence-corrected chi connectivity index (χ4v) is 1.42. The Bertz CT molecular complexity index is 584. The predicted molar refractivity (Wildman–Crippen MR) is 65.8 cm³/mol. The van der Waals surface area contributed by atoms with Crippen LogP contribution in [0.3, 0.4) is 0 Å². The Kier molecular flexibility index (Phi) is 3.38. The highest BCUT2D eigenvalue weighted by molar-refractivity contribution is 5.99. The Hall–Kier alpha value is -2.63. The second kappa shape index (κ2) is 5.13. The van der Waals surface area contributed by atoms with Gasteiger partial charge in [0.25, 0.3) is 0 Å². The van der Waals surface area contributed by atoms with Crippen molar-refractivity contribution in [3.8, 4) is 11.5 Å². The number of aromatic nitrogens is 2. The van der Waals surface area contributed by atoms with E-state index in [1.54, 1.807) is 24.4 Å². The van der Waals surface area contributed by atoms with Gasteiger partial charge in [-0.1, -0.05) is 5.16 Å². The fourth-order valence-electron chi connectivity index (χ4n) is 1.42. The first-order valence-electron chi connectivity index (χ1n) is 5.23. The lowest BCUT2D eigenvalue weighted by molar-refractivity contribution is 0.318. The molecule has 0 spiro atoms. The van der Waals surface area contributed by atoms with Crippen LogP contribution in [0.5, 0.6) is 11.5 Å². The molecule has 0 aliphatic heterocycles. The zero-order chi connectivity index (χ0) is 13.0. The number of amidine groups is 1. The van der Waals surface area contributed by atoms with Crippen LogP contribution < -0.4 is 10.5 Å². The monoisotopic (exact) mass is 244 g/mol. The number of pyridine rings is 2. The summed E-state index contributed by atoms with van der Waals surface area (Å²) in [6.07, 6.45) is 4.71. The quantitative estimate of drug-likeness (QED) is 0.371. The van der Waals surface area contributed by atoms with Gasteiger partial charge in [-0.3, -0.25) is 9.97 Å². The number of aryl methyl sites for hydroxylation is 1. The van der Waals surface area contributed by atoms with E-state index in [9.17, 15) is 0 Å². The molecule has 6 heteroatoms. The molecule has 0 atom stereocenters. The van der Waals surface area contributed by atoms with Crippen molar-refractivity contribution in [3.63, 3.8) is 0 Å². The Morgan fingerprint density at radius 3 is 2.89 bits per heavy atom. The molecule has 2 aromatic rings. The Morgan fingerprint density at radius 2 is 2.17 bits per heavy atom. The van der Waals surface area contributed by atoms with Crippen LogP contribution in [0.2, 0.25) is 0 Å². The zero-order valence-electron chi connectivity index (χ0n) is 9.74. The van der Waals surface area contributed by atoms with Gasteiger partial charge in [-0.25, -0.2) is 0 Å². The third kappa shape index (κ3) is 2.37. The molecule has 0 aliphatic rings. The first kappa shape index (κ1) is 11.8. The molecular weight excluding hydrogens is 232 g/mol. The van der Waals surface area contributed by atoms with E-state index in [1.165, 1.54) is 12.4 Å². The van der Waals surface area contributed by atoms with E-state index in [4.69, 9.17) is 15.7 Å². The van der Waals surface area contributed by atoms with E-state index in [2.05, 4.69) is 15.1 Å². The summed E-state index contributed by atoms with van der Waals surface area (Å²) in [4.78, 5) is 8.06. The van der Waals surface area contributed by atoms with E-state index in [0.29, 0.717) is 17.1 Å². The fraction of sp³-hybridized carbons (Fsp3) is 0.0833. The molecule has 2 rings (SSSR count). The van der Waals surface area contributed by atoms with Crippen molar-refractivity contribution in [1.82, 2.24) is 9.97 Å². The van der Waals surface area contributed by atoms with Crippen molar-refractivity contribution in [3.05, 3.63) is 48.0 Å². The van der Waals surface area contributed by atoms with Crippen molar-refractivity contribution in [2.45, 2.75) is 6.92 Å². The van der Waals surface area contributed by atoms with Crippen molar-refractivity contribution in [2.75, 3.05) is 0 Å². The highest BCUT2D eigenvalue weighted by atomic mass is 16.5. The van der Waals surface area contributed by atoms with Crippen LogP contribution in [0, 0.1) is 6.92 Å². The van der Waals surface area contributed by atoms with Crippen molar-refractivity contribution in [2.24, 2.45) is 10.9 Å². The number of nitrogens with two attached hydrogens (primary N) is 1. The van der Waals surface area contributed by atoms with Gasteiger partial charge < -0.3 is 15.7 Å². The summed E-state index contributed by atoms with van der Waals surface area (Å²) >= 11 is 0. The molecule has 0 radical (unpaired) electrons. The standard InChI is InChI=1S/C12H12N4O2/c1-8-10(3-2-5-15-8)18-11-7-14-6-4-9(11)12(13)16-17/h2-7,17H,1H3,(H2,13,16). The molecular formula is C12H12N4O2. The third-order valence-corrected chi connectivity index (χ3v) is 2.35. The number of rotatable bonds is 3. The Labute approximate surface area is 104 Å². The average molecular weight is 244 g/mol. The number of ether oxygens (including phenoxy) is 1. The molecule has 0 fully saturated rings. The van der Waals surface area contributed by atoms with Gasteiger partial charge in [0.1, 0.15) is 5.75 Å². The van der Waals surface area contributed by atoms with Crippen LogP contribution in [-0.4, -0.2) is 21.0 Å². The zero-order valence-corrected chi connectivity index (χ0v) is 9.74. The first-order valence-corrected chi connectivity index (χ1v) is 5.23. The van der Waals surface area contributed by atoms with Crippen LogP contribution in [0.15, 0.2) is 41.9 Å². The molecule has 0 saturated heterocycles. The van der Waals surface area contributed by atoms with Gasteiger partial charge in [0, 0.05) is 12.4 Å². The SMILES string of the molecule is Cc1ncccc1Oc1cnccc1/C(N)=N/O. The second-order valence-corrected chi connectivity index (χ2v) is 3.55. The van der Waals surface area contributed by atoms with Crippen LogP contribution in [0.1, 0.15) is 11.3 Å². The second-order valence-electron chi connectivity index (χ2n) is 3.55. The van der Waals surface area contributed by atoms with Crippen LogP contribution in [-0.2, 0) is 0 Å². The highest BCUT2D eigenvalue weighted by Crippen LogP contribution is 2.25. The molecule has 3 N–H and O–H groups in total. The van der Waals surface area contributed by atoms with E-state index in [-0.39, 0.29) is 5.84 Å². The van der Waals surface area contributed by atoms with Gasteiger partial charge in [0.05, 0.1) is 17.5 Å². The highest BCUT2D eigenvalue weighted by Gasteiger charge is 2.10. The molecule has 18 heavy (non-hydrogen) atoms. The molecule has 0 aromatic carbocycles. The largest absolute Gasteiger partial charge is 0.453 e. The molecule has 2 heterocycles. The number of hydrogen-bond donors (Lipinski definition) is 2. The number of hydrogen-bond acceptors (Lipinski definition) is 5. The molecule has 2 aromatic heterocycles. The number of oxime groups is 1. The minimum Gasteiger partial charge on any atom is -0.453 e. The van der Waals surface area contributed by atoms with Crippen LogP contribution in [0.4, 0.5) is 0 Å². The predicted octanol–water partition coefficient (Wildman–Crippen LogP) is 1.67. The maximum absolute atomic E-state index is 8.71. The molecule has 6 nitrogen and oxygen atoms in total. The molecule has 0 amide bonds. The normalized spacial score (nSPS) is 11.3. The minimum absolute atomic E-state index is 0.0334. The molecule has 0 bridgehead atoms. The van der Waals surface area contributed by atoms with Gasteiger partial charge in [-0.05, 0) is 25.1 Å². The molecule has 0 unspecified atom stereocenters. The van der Waals surface area contributed by atoms with Crippen molar-refractivity contribution >= 4 is 5.84 Å². The van der Waals surface area contributed by atoms with Gasteiger partial charge in [-0.15, -0.1) is 0 Å². The van der Waals surface area contributed by atoms with Gasteiger partial charge in [-0.2, -0.15) is 0 Å². The Balaban J connectivity index is 2.38. The molecule has 0 aliphatic carbocycles. The summed E-state index contributed by atoms with van der Waals surface area (Å²) in [7, 11) is 0. The van der Waals surface area contributed by atoms with E-state index >= 15 is 0 Å². The maximum atomic E-state index is 8.71. The summed E-state index contributed by atoms with van der Waals surface area (Å²) in [6, 6.07) is 5.16. The minimum atomic E-state index is -0.0334. The van der Waals surface area contributed by atoms with E-state index in [1.807, 2.05) is 6.92 Å². The molecule has 0 saturated carbocycles. The summed E-state index contributed by atoms with van der Waals surface area (Å²) in [6.45, 7) is 1.83. The summed E-state index contributed by atoms with van der Waals surface area (Å²) in [5.41, 5.74) is 6.77. The van der Waals surface area contributed by atoms with Crippen molar-refractivity contribution < 1.29 is 9.94 Å². The third-order valence-electron chi connectivity index (χ3n) is 2.35. The lowest BCUT2D eigenvalue weighted by Gasteiger charge is -2.10. The lowest BCUT2D eigenvalue weighted by atomic mass is 10.2. The summed E-state index contributed by atoms with van der Waals surface area (Å²) in [5.74, 6) is 0.968.